The molecule has 1 unspecified atom stereocenters. The first-order chi connectivity index (χ1) is 9.00. The average molecular weight is 290 g/mol. The summed E-state index contributed by atoms with van der Waals surface area (Å²) < 4.78 is 27.1. The maximum absolute atomic E-state index is 12.1. The average Bonchev–Trinajstić information content (AvgIpc) is 2.81. The number of hydrogen-bond donors (Lipinski definition) is 1. The summed E-state index contributed by atoms with van der Waals surface area (Å²) in [5.74, 6) is -0.0925. The molecule has 0 aliphatic rings. The molecular formula is C12H19O6P. The molecule has 0 aromatic carbocycles. The van der Waals surface area contributed by atoms with Crippen molar-refractivity contribution in [2.45, 2.75) is 26.4 Å². The van der Waals surface area contributed by atoms with Crippen LogP contribution in [0.3, 0.4) is 0 Å². The molecule has 1 aromatic heterocycles. The van der Waals surface area contributed by atoms with Crippen LogP contribution >= 0.6 is 7.60 Å². The smallest absolute Gasteiger partial charge is 0.338 e. The second-order valence-corrected chi connectivity index (χ2v) is 5.93. The number of carbonyl (C=O) groups excluding carboxylic acids is 1. The molecule has 0 spiro atoms. The lowest BCUT2D eigenvalue weighted by Crippen LogP contribution is -2.13. The van der Waals surface area contributed by atoms with Gasteiger partial charge < -0.3 is 18.6 Å². The van der Waals surface area contributed by atoms with Crippen LogP contribution in [0.2, 0.25) is 0 Å². The number of furan rings is 1. The van der Waals surface area contributed by atoms with E-state index in [1.807, 2.05) is 0 Å². The van der Waals surface area contributed by atoms with Crippen LogP contribution in [-0.2, 0) is 18.4 Å². The van der Waals surface area contributed by atoms with Gasteiger partial charge in [-0.15, -0.1) is 0 Å². The number of carbonyl (C=O) groups is 1. The van der Waals surface area contributed by atoms with Crippen molar-refractivity contribution in [1.29, 1.82) is 0 Å². The van der Waals surface area contributed by atoms with Gasteiger partial charge in [-0.05, 0) is 26.0 Å². The zero-order valence-corrected chi connectivity index (χ0v) is 12.0. The fraction of sp³-hybridized carbons (Fsp3) is 0.583. The minimum absolute atomic E-state index is 0.183. The monoisotopic (exact) mass is 290 g/mol. The second kappa shape index (κ2) is 7.60. The van der Waals surface area contributed by atoms with E-state index in [9.17, 15) is 14.5 Å². The third kappa shape index (κ3) is 5.28. The molecule has 0 bridgehead atoms. The molecule has 0 saturated carbocycles. The van der Waals surface area contributed by atoms with E-state index in [1.54, 1.807) is 26.0 Å². The Bertz CT molecular complexity index is 417. The number of Topliss-reactive ketones (excluding diaryl/α,β-unsaturated/α-hetero) is 1. The molecule has 7 heteroatoms. The second-order valence-electron chi connectivity index (χ2n) is 3.88. The fourth-order valence-corrected chi connectivity index (χ4v) is 3.20. The number of aliphatic hydroxyl groups is 1. The lowest BCUT2D eigenvalue weighted by molar-refractivity contribution is -0.119. The zero-order chi connectivity index (χ0) is 14.3. The predicted octanol–water partition coefficient (Wildman–Crippen LogP) is 2.54. The van der Waals surface area contributed by atoms with Gasteiger partial charge >= 0.3 is 7.60 Å². The number of aliphatic hydroxyl groups excluding tert-OH is 1. The lowest BCUT2D eigenvalue weighted by Gasteiger charge is -2.16. The summed E-state index contributed by atoms with van der Waals surface area (Å²) in [5, 5.41) is 9.75. The molecule has 1 heterocycles. The molecular weight excluding hydrogens is 271 g/mol. The van der Waals surface area contributed by atoms with Crippen LogP contribution in [0.4, 0.5) is 0 Å². The van der Waals surface area contributed by atoms with Crippen LogP contribution in [0.5, 0.6) is 0 Å². The van der Waals surface area contributed by atoms with Gasteiger partial charge in [0.25, 0.3) is 0 Å². The Morgan fingerprint density at radius 1 is 1.42 bits per heavy atom. The maximum Gasteiger partial charge on any atom is 0.338 e. The summed E-state index contributed by atoms with van der Waals surface area (Å²) in [6.45, 7) is 3.75. The highest BCUT2D eigenvalue weighted by atomic mass is 31.2. The van der Waals surface area contributed by atoms with E-state index in [-0.39, 0.29) is 25.8 Å². The van der Waals surface area contributed by atoms with E-state index < -0.39 is 19.5 Å². The summed E-state index contributed by atoms with van der Waals surface area (Å²) in [5.41, 5.74) is 0. The van der Waals surface area contributed by atoms with Crippen LogP contribution in [-0.4, -0.2) is 30.3 Å². The van der Waals surface area contributed by atoms with Crippen molar-refractivity contribution in [2.24, 2.45) is 0 Å². The molecule has 0 radical (unpaired) electrons. The van der Waals surface area contributed by atoms with Gasteiger partial charge in [-0.25, -0.2) is 0 Å². The van der Waals surface area contributed by atoms with Crippen molar-refractivity contribution in [3.8, 4) is 0 Å². The predicted molar refractivity (Wildman–Crippen MR) is 69.0 cm³/mol. The Labute approximate surface area is 112 Å². The Hall–Kier alpha value is -0.940. The van der Waals surface area contributed by atoms with E-state index in [0.29, 0.717) is 5.76 Å². The van der Waals surface area contributed by atoms with E-state index in [0.717, 1.165) is 0 Å². The van der Waals surface area contributed by atoms with Crippen LogP contribution in [0.1, 0.15) is 32.1 Å². The highest BCUT2D eigenvalue weighted by molar-refractivity contribution is 7.54. The standard InChI is InChI=1S/C12H19O6P/c1-3-17-19(15,18-4-2)9-10(13)8-11(14)12-6-5-7-16-12/h5-7,11,14H,3-4,8-9H2,1-2H3. The Morgan fingerprint density at radius 2 is 2.05 bits per heavy atom. The molecule has 0 fully saturated rings. The molecule has 1 aromatic rings. The van der Waals surface area contributed by atoms with Gasteiger partial charge in [-0.1, -0.05) is 0 Å². The number of hydrogen-bond acceptors (Lipinski definition) is 6. The summed E-state index contributed by atoms with van der Waals surface area (Å²) in [6.07, 6.45) is -0.155. The molecule has 0 aliphatic heterocycles. The third-order valence-corrected chi connectivity index (χ3v) is 4.36. The lowest BCUT2D eigenvalue weighted by atomic mass is 10.1. The molecule has 0 aliphatic carbocycles. The van der Waals surface area contributed by atoms with Crippen molar-refractivity contribution in [2.75, 3.05) is 19.4 Å². The highest BCUT2D eigenvalue weighted by Crippen LogP contribution is 2.48. The Morgan fingerprint density at radius 3 is 2.53 bits per heavy atom. The quantitative estimate of drug-likeness (QED) is 0.703. The van der Waals surface area contributed by atoms with Crippen molar-refractivity contribution in [3.63, 3.8) is 0 Å². The Balaban J connectivity index is 2.55. The first-order valence-electron chi connectivity index (χ1n) is 6.12. The van der Waals surface area contributed by atoms with Gasteiger partial charge in [-0.2, -0.15) is 0 Å². The van der Waals surface area contributed by atoms with Crippen molar-refractivity contribution in [3.05, 3.63) is 24.2 Å². The minimum Gasteiger partial charge on any atom is -0.467 e. The van der Waals surface area contributed by atoms with Gasteiger partial charge in [-0.3, -0.25) is 9.36 Å². The largest absolute Gasteiger partial charge is 0.467 e. The van der Waals surface area contributed by atoms with Crippen molar-refractivity contribution in [1.82, 2.24) is 0 Å². The van der Waals surface area contributed by atoms with E-state index >= 15 is 0 Å². The molecule has 108 valence electrons. The summed E-state index contributed by atoms with van der Waals surface area (Å²) in [6, 6.07) is 3.19. The summed E-state index contributed by atoms with van der Waals surface area (Å²) in [4.78, 5) is 11.8. The van der Waals surface area contributed by atoms with Crippen molar-refractivity contribution < 1.29 is 27.9 Å². The normalized spacial score (nSPS) is 13.4. The summed E-state index contributed by atoms with van der Waals surface area (Å²) >= 11 is 0. The van der Waals surface area contributed by atoms with E-state index in [2.05, 4.69) is 0 Å². The first-order valence-corrected chi connectivity index (χ1v) is 7.84. The van der Waals surface area contributed by atoms with E-state index in [1.165, 1.54) is 6.26 Å². The van der Waals surface area contributed by atoms with E-state index in [4.69, 9.17) is 13.5 Å². The van der Waals surface area contributed by atoms with Crippen LogP contribution in [0.15, 0.2) is 22.8 Å². The van der Waals surface area contributed by atoms with Crippen LogP contribution in [0.25, 0.3) is 0 Å². The van der Waals surface area contributed by atoms with Crippen LogP contribution in [0, 0.1) is 0 Å². The zero-order valence-electron chi connectivity index (χ0n) is 11.1. The molecule has 1 N–H and O–H groups in total. The topological polar surface area (TPSA) is 86.0 Å². The van der Waals surface area contributed by atoms with Gasteiger partial charge in [0.15, 0.2) is 0 Å². The third-order valence-electron chi connectivity index (χ3n) is 2.31. The minimum atomic E-state index is -3.40. The summed E-state index contributed by atoms with van der Waals surface area (Å²) in [7, 11) is -3.40. The molecule has 1 rings (SSSR count). The van der Waals surface area contributed by atoms with Crippen LogP contribution < -0.4 is 0 Å². The SMILES string of the molecule is CCOP(=O)(CC(=O)CC(O)c1ccco1)OCC. The fourth-order valence-electron chi connectivity index (χ4n) is 1.60. The maximum atomic E-state index is 12.1. The molecule has 6 nitrogen and oxygen atoms in total. The Kier molecular flexibility index (Phi) is 6.45. The van der Waals surface area contributed by atoms with Crippen molar-refractivity contribution >= 4 is 13.4 Å². The van der Waals surface area contributed by atoms with Gasteiger partial charge in [0, 0.05) is 6.42 Å². The van der Waals surface area contributed by atoms with Gasteiger partial charge in [0.1, 0.15) is 23.8 Å². The number of rotatable bonds is 9. The molecule has 0 saturated heterocycles. The highest BCUT2D eigenvalue weighted by Gasteiger charge is 2.29. The molecule has 0 amide bonds. The first kappa shape index (κ1) is 16.1. The molecule has 19 heavy (non-hydrogen) atoms. The molecule has 1 atom stereocenters. The number of ketones is 1. The van der Waals surface area contributed by atoms with Gasteiger partial charge in [0.05, 0.1) is 19.5 Å². The van der Waals surface area contributed by atoms with Gasteiger partial charge in [0.2, 0.25) is 0 Å².